The zero-order valence-corrected chi connectivity index (χ0v) is 11.1. The lowest BCUT2D eigenvalue weighted by molar-refractivity contribution is 0.199. The molecule has 2 rings (SSSR count). The van der Waals surface area contributed by atoms with Gasteiger partial charge < -0.3 is 10.6 Å². The summed E-state index contributed by atoms with van der Waals surface area (Å²) in [5.74, 6) is 0.0381. The van der Waals surface area contributed by atoms with Gasteiger partial charge in [0.1, 0.15) is 11.5 Å². The van der Waals surface area contributed by atoms with Crippen LogP contribution in [0.15, 0.2) is 18.3 Å². The van der Waals surface area contributed by atoms with Gasteiger partial charge in [-0.1, -0.05) is 6.92 Å². The SMILES string of the molecule is CCN1CCN(c2cccnc2C(=N)N)CC1C. The smallest absolute Gasteiger partial charge is 0.143 e. The minimum Gasteiger partial charge on any atom is -0.382 e. The molecule has 2 heterocycles. The summed E-state index contributed by atoms with van der Waals surface area (Å²) < 4.78 is 0. The Morgan fingerprint density at radius 2 is 2.33 bits per heavy atom. The van der Waals surface area contributed by atoms with Gasteiger partial charge in [-0.05, 0) is 25.6 Å². The van der Waals surface area contributed by atoms with Crippen LogP contribution >= 0.6 is 0 Å². The van der Waals surface area contributed by atoms with Gasteiger partial charge in [-0.15, -0.1) is 0 Å². The molecule has 3 N–H and O–H groups in total. The molecule has 18 heavy (non-hydrogen) atoms. The first-order valence-electron chi connectivity index (χ1n) is 6.42. The number of nitrogens with one attached hydrogen (secondary N) is 1. The van der Waals surface area contributed by atoms with Crippen LogP contribution in [0.25, 0.3) is 0 Å². The van der Waals surface area contributed by atoms with Crippen LogP contribution in [0, 0.1) is 5.41 Å². The predicted molar refractivity (Wildman–Crippen MR) is 74.2 cm³/mol. The van der Waals surface area contributed by atoms with Crippen molar-refractivity contribution >= 4 is 11.5 Å². The maximum Gasteiger partial charge on any atom is 0.143 e. The summed E-state index contributed by atoms with van der Waals surface area (Å²) in [7, 11) is 0. The van der Waals surface area contributed by atoms with Gasteiger partial charge in [-0.3, -0.25) is 15.3 Å². The zero-order valence-electron chi connectivity index (χ0n) is 11.1. The predicted octanol–water partition coefficient (Wildman–Crippen LogP) is 0.896. The van der Waals surface area contributed by atoms with Gasteiger partial charge >= 0.3 is 0 Å². The molecule has 1 aliphatic heterocycles. The molecule has 1 aromatic heterocycles. The van der Waals surface area contributed by atoms with E-state index >= 15 is 0 Å². The molecular weight excluding hydrogens is 226 g/mol. The second-order valence-corrected chi connectivity index (χ2v) is 4.71. The number of amidine groups is 1. The third-order valence-electron chi connectivity index (χ3n) is 3.55. The van der Waals surface area contributed by atoms with Crippen molar-refractivity contribution in [1.29, 1.82) is 5.41 Å². The Balaban J connectivity index is 2.20. The van der Waals surface area contributed by atoms with Crippen molar-refractivity contribution in [2.45, 2.75) is 19.9 Å². The highest BCUT2D eigenvalue weighted by atomic mass is 15.3. The molecule has 1 aromatic rings. The number of nitrogen functional groups attached to an aromatic ring is 1. The molecule has 0 spiro atoms. The third-order valence-corrected chi connectivity index (χ3v) is 3.55. The molecular formula is C13H21N5. The first-order chi connectivity index (χ1) is 8.63. The number of nitrogens with zero attached hydrogens (tertiary/aromatic N) is 3. The Kier molecular flexibility index (Phi) is 3.81. The van der Waals surface area contributed by atoms with Crippen LogP contribution in [-0.4, -0.2) is 47.9 Å². The number of hydrogen-bond donors (Lipinski definition) is 2. The molecule has 0 aliphatic carbocycles. The highest BCUT2D eigenvalue weighted by Gasteiger charge is 2.24. The number of pyridine rings is 1. The average Bonchev–Trinajstić information content (AvgIpc) is 2.38. The van der Waals surface area contributed by atoms with Crippen molar-refractivity contribution in [2.24, 2.45) is 5.73 Å². The van der Waals surface area contributed by atoms with Crippen LogP contribution in [0.2, 0.25) is 0 Å². The van der Waals surface area contributed by atoms with E-state index < -0.39 is 0 Å². The molecule has 0 amide bonds. The topological polar surface area (TPSA) is 69.2 Å². The maximum atomic E-state index is 7.60. The molecule has 0 aromatic carbocycles. The first kappa shape index (κ1) is 12.8. The second kappa shape index (κ2) is 5.35. The molecule has 1 atom stereocenters. The quantitative estimate of drug-likeness (QED) is 0.615. The van der Waals surface area contributed by atoms with Crippen molar-refractivity contribution < 1.29 is 0 Å². The molecule has 1 fully saturated rings. The molecule has 0 radical (unpaired) electrons. The maximum absolute atomic E-state index is 7.60. The monoisotopic (exact) mass is 247 g/mol. The Morgan fingerprint density at radius 3 is 2.94 bits per heavy atom. The zero-order chi connectivity index (χ0) is 13.1. The van der Waals surface area contributed by atoms with E-state index in [1.807, 2.05) is 12.1 Å². The highest BCUT2D eigenvalue weighted by molar-refractivity contribution is 5.98. The highest BCUT2D eigenvalue weighted by Crippen LogP contribution is 2.21. The molecule has 0 saturated carbocycles. The van der Waals surface area contributed by atoms with E-state index in [4.69, 9.17) is 11.1 Å². The van der Waals surface area contributed by atoms with Gasteiger partial charge in [-0.25, -0.2) is 0 Å². The molecule has 1 aliphatic rings. The first-order valence-corrected chi connectivity index (χ1v) is 6.42. The normalized spacial score (nSPS) is 21.0. The lowest BCUT2D eigenvalue weighted by atomic mass is 10.1. The van der Waals surface area contributed by atoms with Crippen molar-refractivity contribution in [1.82, 2.24) is 9.88 Å². The number of piperazine rings is 1. The molecule has 98 valence electrons. The van der Waals surface area contributed by atoms with E-state index in [-0.39, 0.29) is 5.84 Å². The van der Waals surface area contributed by atoms with E-state index in [9.17, 15) is 0 Å². The fourth-order valence-corrected chi connectivity index (χ4v) is 2.54. The summed E-state index contributed by atoms with van der Waals surface area (Å²) in [6.07, 6.45) is 1.69. The van der Waals surface area contributed by atoms with Crippen LogP contribution in [0.5, 0.6) is 0 Å². The van der Waals surface area contributed by atoms with E-state index in [0.717, 1.165) is 31.9 Å². The van der Waals surface area contributed by atoms with Gasteiger partial charge in [0.25, 0.3) is 0 Å². The fourth-order valence-electron chi connectivity index (χ4n) is 2.54. The number of rotatable bonds is 3. The summed E-state index contributed by atoms with van der Waals surface area (Å²) in [5.41, 5.74) is 7.16. The number of nitrogens with two attached hydrogens (primary N) is 1. The molecule has 5 heteroatoms. The Labute approximate surface area is 108 Å². The van der Waals surface area contributed by atoms with E-state index in [1.54, 1.807) is 6.20 Å². The van der Waals surface area contributed by atoms with Crippen LogP contribution in [0.3, 0.4) is 0 Å². The standard InChI is InChI=1S/C13H21N5/c1-3-17-7-8-18(9-10(17)2)11-5-4-6-16-12(11)13(14)15/h4-6,10H,3,7-9H2,1-2H3,(H3,14,15). The number of aromatic nitrogens is 1. The summed E-state index contributed by atoms with van der Waals surface area (Å²) in [6.45, 7) is 8.48. The summed E-state index contributed by atoms with van der Waals surface area (Å²) in [6, 6.07) is 4.42. The number of hydrogen-bond acceptors (Lipinski definition) is 4. The van der Waals surface area contributed by atoms with E-state index in [0.29, 0.717) is 11.7 Å². The molecule has 1 saturated heterocycles. The summed E-state index contributed by atoms with van der Waals surface area (Å²) >= 11 is 0. The largest absolute Gasteiger partial charge is 0.382 e. The summed E-state index contributed by atoms with van der Waals surface area (Å²) in [5, 5.41) is 7.60. The second-order valence-electron chi connectivity index (χ2n) is 4.71. The van der Waals surface area contributed by atoms with Crippen molar-refractivity contribution in [3.63, 3.8) is 0 Å². The fraction of sp³-hybridized carbons (Fsp3) is 0.538. The van der Waals surface area contributed by atoms with Gasteiger partial charge in [0.05, 0.1) is 5.69 Å². The minimum absolute atomic E-state index is 0.0381. The van der Waals surface area contributed by atoms with Crippen LogP contribution in [0.4, 0.5) is 5.69 Å². The molecule has 1 unspecified atom stereocenters. The van der Waals surface area contributed by atoms with Gasteiger partial charge in [0.2, 0.25) is 0 Å². The lowest BCUT2D eigenvalue weighted by Crippen LogP contribution is -2.52. The number of anilines is 1. The van der Waals surface area contributed by atoms with E-state index in [2.05, 4.69) is 28.6 Å². The molecule has 5 nitrogen and oxygen atoms in total. The number of likely N-dealkylation sites (N-methyl/N-ethyl adjacent to an activating group) is 1. The Hall–Kier alpha value is -1.62. The summed E-state index contributed by atoms with van der Waals surface area (Å²) in [4.78, 5) is 8.95. The van der Waals surface area contributed by atoms with Gasteiger partial charge in [-0.2, -0.15) is 0 Å². The van der Waals surface area contributed by atoms with Crippen molar-refractivity contribution in [3.8, 4) is 0 Å². The lowest BCUT2D eigenvalue weighted by Gasteiger charge is -2.40. The van der Waals surface area contributed by atoms with Crippen LogP contribution < -0.4 is 10.6 Å². The minimum atomic E-state index is 0.0381. The Bertz CT molecular complexity index is 431. The van der Waals surface area contributed by atoms with Gasteiger partial charge in [0, 0.05) is 31.9 Å². The van der Waals surface area contributed by atoms with Crippen LogP contribution in [0.1, 0.15) is 19.5 Å². The third kappa shape index (κ3) is 2.46. The van der Waals surface area contributed by atoms with Crippen molar-refractivity contribution in [2.75, 3.05) is 31.1 Å². The van der Waals surface area contributed by atoms with Gasteiger partial charge in [0.15, 0.2) is 0 Å². The van der Waals surface area contributed by atoms with E-state index in [1.165, 1.54) is 0 Å². The Morgan fingerprint density at radius 1 is 1.56 bits per heavy atom. The molecule has 0 bridgehead atoms. The average molecular weight is 247 g/mol. The van der Waals surface area contributed by atoms with Crippen LogP contribution in [-0.2, 0) is 0 Å². The van der Waals surface area contributed by atoms with Crippen molar-refractivity contribution in [3.05, 3.63) is 24.0 Å².